The Morgan fingerprint density at radius 1 is 0.212 bits per heavy atom. The first-order chi connectivity index (χ1) is 41.7. The van der Waals surface area contributed by atoms with E-state index in [4.69, 9.17) is 0 Å². The van der Waals surface area contributed by atoms with Crippen molar-refractivity contribution < 1.29 is 0 Å². The van der Waals surface area contributed by atoms with E-state index in [0.717, 1.165) is 68.2 Å². The molecule has 0 radical (unpaired) electrons. The van der Waals surface area contributed by atoms with E-state index in [1.165, 1.54) is 89.0 Å². The highest BCUT2D eigenvalue weighted by Gasteiger charge is 2.50. The first kappa shape index (κ1) is 48.1. The first-order valence-electron chi connectivity index (χ1n) is 29.9. The maximum atomic E-state index is 2.56. The van der Waals surface area contributed by atoms with Crippen molar-refractivity contribution in [2.45, 2.75) is 43.9 Å². The summed E-state index contributed by atoms with van der Waals surface area (Å²) in [5, 5.41) is 0. The molecule has 12 aromatic carbocycles. The average Bonchev–Trinajstić information content (AvgIpc) is 1.74. The van der Waals surface area contributed by atoms with Gasteiger partial charge < -0.3 is 19.6 Å². The molecule has 0 bridgehead atoms. The van der Waals surface area contributed by atoms with Gasteiger partial charge in [0.1, 0.15) is 0 Å². The Kier molecular flexibility index (Phi) is 9.81. The summed E-state index contributed by atoms with van der Waals surface area (Å²) >= 11 is 0. The Labute approximate surface area is 497 Å². The molecule has 0 unspecified atom stereocenters. The predicted octanol–water partition coefficient (Wildman–Crippen LogP) is 21.7. The minimum atomic E-state index is -0.737. The Balaban J connectivity index is 0.894. The highest BCUT2D eigenvalue weighted by molar-refractivity contribution is 6.07. The van der Waals surface area contributed by atoms with Crippen LogP contribution in [0.4, 0.5) is 68.2 Å². The number of benzene rings is 12. The van der Waals surface area contributed by atoms with Crippen LogP contribution >= 0.6 is 0 Å². The minimum Gasteiger partial charge on any atom is -0.306 e. The Morgan fingerprint density at radius 3 is 0.906 bits per heavy atom. The lowest BCUT2D eigenvalue weighted by molar-refractivity contribution is 0.660. The summed E-state index contributed by atoms with van der Waals surface area (Å²) in [7, 11) is 0. The molecule has 12 aromatic rings. The van der Waals surface area contributed by atoms with E-state index in [-0.39, 0.29) is 10.8 Å². The number of hydrogen-bond acceptors (Lipinski definition) is 4. The molecule has 2 heterocycles. The van der Waals surface area contributed by atoms with Gasteiger partial charge in [-0.3, -0.25) is 0 Å². The molecular formula is C81H58N4. The lowest BCUT2D eigenvalue weighted by atomic mass is 9.66. The summed E-state index contributed by atoms with van der Waals surface area (Å²) in [6.45, 7) is 9.58. The van der Waals surface area contributed by atoms with E-state index < -0.39 is 5.41 Å². The molecule has 0 N–H and O–H groups in total. The molecule has 85 heavy (non-hydrogen) atoms. The Hall–Kier alpha value is -10.4. The van der Waals surface area contributed by atoms with Gasteiger partial charge in [0.05, 0.1) is 50.9 Å². The van der Waals surface area contributed by atoms with Crippen LogP contribution in [-0.2, 0) is 16.2 Å². The number of hydrogen-bond donors (Lipinski definition) is 0. The fourth-order valence-electron chi connectivity index (χ4n) is 16.1. The summed E-state index contributed by atoms with van der Waals surface area (Å²) in [5.74, 6) is 0. The standard InChI is InChI=1S/C81H58N4/c1-79(2)63-31-15-11-29-59(63)61-47-75-77(49-69(61)79)84(73-37-21-19-35-71(73)82(75)53-23-7-5-8-24-53)55-43-41-51-39-40-52-42-44-56(46-68(52)81(67(51)45-55)65-33-17-13-27-57(65)58-28-14-18-34-66(58)81)85-74-38-22-20-36-72(74)83(54-25-9-6-10-26-54)76-48-62-60-30-12-16-32-64(60)80(3,4)70(62)50-78(76)85/h5-50H,1-4H3. The lowest BCUT2D eigenvalue weighted by Crippen LogP contribution is -2.31. The highest BCUT2D eigenvalue weighted by Crippen LogP contribution is 2.65. The molecule has 0 amide bonds. The van der Waals surface area contributed by atoms with Crippen molar-refractivity contribution in [3.05, 3.63) is 323 Å². The van der Waals surface area contributed by atoms with E-state index in [1.807, 2.05) is 0 Å². The molecule has 2 aliphatic heterocycles. The second-order valence-corrected chi connectivity index (χ2v) is 24.8. The van der Waals surface area contributed by atoms with Crippen molar-refractivity contribution in [2.75, 3.05) is 19.6 Å². The zero-order valence-corrected chi connectivity index (χ0v) is 47.8. The molecular weight excluding hydrogens is 1030 g/mol. The zero-order valence-electron chi connectivity index (χ0n) is 47.8. The molecule has 4 aliphatic carbocycles. The first-order valence-corrected chi connectivity index (χ1v) is 29.9. The normalized spacial score (nSPS) is 15.7. The molecule has 1 spiro atoms. The van der Waals surface area contributed by atoms with Crippen LogP contribution in [0.15, 0.2) is 267 Å². The van der Waals surface area contributed by atoms with E-state index in [9.17, 15) is 0 Å². The second kappa shape index (κ2) is 17.3. The monoisotopic (exact) mass is 1090 g/mol. The van der Waals surface area contributed by atoms with Crippen molar-refractivity contribution in [1.29, 1.82) is 0 Å². The fourth-order valence-corrected chi connectivity index (χ4v) is 16.1. The van der Waals surface area contributed by atoms with Gasteiger partial charge in [0.2, 0.25) is 0 Å². The molecule has 18 rings (SSSR count). The number of fused-ring (bicyclic) bond motifs is 19. The van der Waals surface area contributed by atoms with Gasteiger partial charge in [0.15, 0.2) is 0 Å². The zero-order chi connectivity index (χ0) is 56.5. The summed E-state index contributed by atoms with van der Waals surface area (Å²) in [6.07, 6.45) is 4.76. The molecule has 0 saturated heterocycles. The van der Waals surface area contributed by atoms with E-state index in [0.29, 0.717) is 0 Å². The van der Waals surface area contributed by atoms with E-state index in [2.05, 4.69) is 326 Å². The van der Waals surface area contributed by atoms with Crippen molar-refractivity contribution >= 4 is 80.4 Å². The molecule has 0 aromatic heterocycles. The van der Waals surface area contributed by atoms with Crippen molar-refractivity contribution in [3.8, 4) is 33.4 Å². The van der Waals surface area contributed by atoms with E-state index >= 15 is 0 Å². The van der Waals surface area contributed by atoms with Crippen LogP contribution in [0.5, 0.6) is 0 Å². The predicted molar refractivity (Wildman–Crippen MR) is 354 cm³/mol. The average molecular weight is 1090 g/mol. The summed E-state index contributed by atoms with van der Waals surface area (Å²) in [6, 6.07) is 101. The topological polar surface area (TPSA) is 13.0 Å². The van der Waals surface area contributed by atoms with Crippen LogP contribution in [0.3, 0.4) is 0 Å². The third kappa shape index (κ3) is 6.41. The Bertz CT molecular complexity index is 4570. The van der Waals surface area contributed by atoms with Crippen molar-refractivity contribution in [1.82, 2.24) is 0 Å². The number of anilines is 12. The molecule has 0 atom stereocenters. The smallest absolute Gasteiger partial charge is 0.0726 e. The quantitative estimate of drug-likeness (QED) is 0.174. The molecule has 4 heteroatoms. The van der Waals surface area contributed by atoms with Crippen molar-refractivity contribution in [3.63, 3.8) is 0 Å². The van der Waals surface area contributed by atoms with Gasteiger partial charge in [-0.25, -0.2) is 0 Å². The maximum Gasteiger partial charge on any atom is 0.0726 e. The van der Waals surface area contributed by atoms with Crippen LogP contribution < -0.4 is 19.6 Å². The third-order valence-electron chi connectivity index (χ3n) is 19.9. The largest absolute Gasteiger partial charge is 0.306 e. The second-order valence-electron chi connectivity index (χ2n) is 24.8. The number of para-hydroxylation sites is 6. The van der Waals surface area contributed by atoms with Crippen molar-refractivity contribution in [2.24, 2.45) is 0 Å². The van der Waals surface area contributed by atoms with Gasteiger partial charge in [-0.1, -0.05) is 210 Å². The van der Waals surface area contributed by atoms with Crippen LogP contribution in [0.2, 0.25) is 0 Å². The minimum absolute atomic E-state index is 0.209. The summed E-state index contributed by atoms with van der Waals surface area (Å²) in [4.78, 5) is 10.1. The fraction of sp³-hybridized carbons (Fsp3) is 0.0864. The van der Waals surface area contributed by atoms with Gasteiger partial charge in [-0.05, 0) is 186 Å². The highest BCUT2D eigenvalue weighted by atomic mass is 15.3. The van der Waals surface area contributed by atoms with E-state index in [1.54, 1.807) is 0 Å². The van der Waals surface area contributed by atoms with Gasteiger partial charge >= 0.3 is 0 Å². The van der Waals surface area contributed by atoms with Gasteiger partial charge in [0, 0.05) is 33.6 Å². The van der Waals surface area contributed by atoms with Gasteiger partial charge in [-0.15, -0.1) is 0 Å². The molecule has 6 aliphatic rings. The SMILES string of the molecule is CC1(C)c2ccccc2-c2cc3c(cc21)N(c1ccc2c(c1)C1(c4cc(N5c6ccccc6N(c6ccccc6)c6cc7c(cc65)C(C)(C)c5ccccc5-7)ccc4C=C2)c2ccccc2-c2ccccc21)c1ccccc1N3c1ccccc1. The Morgan fingerprint density at radius 2 is 0.518 bits per heavy atom. The van der Waals surface area contributed by atoms with Gasteiger partial charge in [-0.2, -0.15) is 0 Å². The van der Waals surface area contributed by atoms with Gasteiger partial charge in [0.25, 0.3) is 0 Å². The molecule has 402 valence electrons. The third-order valence-corrected chi connectivity index (χ3v) is 19.9. The molecule has 4 nitrogen and oxygen atoms in total. The number of rotatable bonds is 4. The summed E-state index contributed by atoms with van der Waals surface area (Å²) < 4.78 is 0. The van der Waals surface area contributed by atoms with Crippen LogP contribution in [0, 0.1) is 0 Å². The maximum absolute atomic E-state index is 2.56. The lowest BCUT2D eigenvalue weighted by Gasteiger charge is -2.42. The van der Waals surface area contributed by atoms with Crippen LogP contribution in [0.1, 0.15) is 83.3 Å². The van der Waals surface area contributed by atoms with Crippen LogP contribution in [-0.4, -0.2) is 0 Å². The molecule has 0 fully saturated rings. The molecule has 0 saturated carbocycles. The summed E-state index contributed by atoms with van der Waals surface area (Å²) in [5.41, 5.74) is 33.1. The van der Waals surface area contributed by atoms with Crippen LogP contribution in [0.25, 0.3) is 45.5 Å². The number of nitrogens with zero attached hydrogens (tertiary/aromatic N) is 4.